The minimum atomic E-state index is 0.814. The number of rotatable bonds is 9. The minimum Gasteiger partial charge on any atom is -0.329 e. The second-order valence-electron chi connectivity index (χ2n) is 5.60. The van der Waals surface area contributed by atoms with Crippen molar-refractivity contribution in [3.05, 3.63) is 0 Å². The summed E-state index contributed by atoms with van der Waals surface area (Å²) in [5.41, 5.74) is 5.60. The van der Waals surface area contributed by atoms with Gasteiger partial charge in [-0.2, -0.15) is 0 Å². The maximum Gasteiger partial charge on any atom is 0.0105 e. The van der Waals surface area contributed by atoms with E-state index in [1.54, 1.807) is 0 Å². The molecule has 1 fully saturated rings. The summed E-state index contributed by atoms with van der Waals surface area (Å²) in [6, 6.07) is 0. The van der Waals surface area contributed by atoms with Gasteiger partial charge in [-0.15, -0.1) is 0 Å². The zero-order valence-corrected chi connectivity index (χ0v) is 12.5. The highest BCUT2D eigenvalue weighted by Gasteiger charge is 2.17. The molecule has 3 heteroatoms. The van der Waals surface area contributed by atoms with Gasteiger partial charge in [0.25, 0.3) is 0 Å². The highest BCUT2D eigenvalue weighted by atomic mass is 15.1. The van der Waals surface area contributed by atoms with Crippen LogP contribution in [-0.4, -0.2) is 55.6 Å². The van der Waals surface area contributed by atoms with E-state index >= 15 is 0 Å². The van der Waals surface area contributed by atoms with Gasteiger partial charge in [-0.1, -0.05) is 26.7 Å². The van der Waals surface area contributed by atoms with E-state index in [1.807, 2.05) is 0 Å². The number of nitrogens with zero attached hydrogens (tertiary/aromatic N) is 2. The summed E-state index contributed by atoms with van der Waals surface area (Å²) in [5.74, 6) is 0.982. The first kappa shape index (κ1) is 15.9. The summed E-state index contributed by atoms with van der Waals surface area (Å²) >= 11 is 0. The van der Waals surface area contributed by atoms with Gasteiger partial charge < -0.3 is 15.5 Å². The average Bonchev–Trinajstić information content (AvgIpc) is 2.41. The molecule has 1 saturated heterocycles. The zero-order chi connectivity index (χ0) is 13.2. The van der Waals surface area contributed by atoms with Crippen molar-refractivity contribution in [1.29, 1.82) is 0 Å². The summed E-state index contributed by atoms with van der Waals surface area (Å²) in [6.07, 6.45) is 7.02. The molecule has 1 rings (SSSR count). The highest BCUT2D eigenvalue weighted by molar-refractivity contribution is 4.72. The monoisotopic (exact) mass is 255 g/mol. The van der Waals surface area contributed by atoms with Crippen LogP contribution in [0.4, 0.5) is 0 Å². The van der Waals surface area contributed by atoms with Crippen molar-refractivity contribution in [3.8, 4) is 0 Å². The Morgan fingerprint density at radius 1 is 1.11 bits per heavy atom. The summed E-state index contributed by atoms with van der Waals surface area (Å²) in [4.78, 5) is 5.05. The van der Waals surface area contributed by atoms with Gasteiger partial charge in [0.2, 0.25) is 0 Å². The van der Waals surface area contributed by atoms with Gasteiger partial charge in [0.15, 0.2) is 0 Å². The largest absolute Gasteiger partial charge is 0.329 e. The predicted octanol–water partition coefficient (Wildman–Crippen LogP) is 2.17. The molecule has 0 unspecified atom stereocenters. The molecule has 1 aliphatic heterocycles. The maximum absolute atomic E-state index is 5.60. The van der Waals surface area contributed by atoms with Gasteiger partial charge in [-0.05, 0) is 57.9 Å². The van der Waals surface area contributed by atoms with Crippen LogP contribution in [-0.2, 0) is 0 Å². The van der Waals surface area contributed by atoms with E-state index in [0.717, 1.165) is 19.0 Å². The Balaban J connectivity index is 2.00. The number of nitrogens with two attached hydrogens (primary N) is 1. The SMILES string of the molecule is CCN(CC)CCCCC1CCN(CCN)CC1. The number of likely N-dealkylation sites (tertiary alicyclic amines) is 1. The molecule has 18 heavy (non-hydrogen) atoms. The van der Waals surface area contributed by atoms with Gasteiger partial charge in [0, 0.05) is 13.1 Å². The van der Waals surface area contributed by atoms with Crippen molar-refractivity contribution < 1.29 is 0 Å². The van der Waals surface area contributed by atoms with E-state index in [-0.39, 0.29) is 0 Å². The lowest BCUT2D eigenvalue weighted by molar-refractivity contribution is 0.179. The fourth-order valence-electron chi connectivity index (χ4n) is 2.99. The lowest BCUT2D eigenvalue weighted by atomic mass is 9.91. The predicted molar refractivity (Wildman–Crippen MR) is 79.9 cm³/mol. The fourth-order valence-corrected chi connectivity index (χ4v) is 2.99. The molecule has 2 N–H and O–H groups in total. The zero-order valence-electron chi connectivity index (χ0n) is 12.5. The molecule has 0 aromatic rings. The Labute approximate surface area is 114 Å². The standard InChI is InChI=1S/C15H33N3/c1-3-17(4-2)11-6-5-7-15-8-12-18(13-9-15)14-10-16/h15H,3-14,16H2,1-2H3. The van der Waals surface area contributed by atoms with E-state index in [4.69, 9.17) is 5.73 Å². The van der Waals surface area contributed by atoms with Crippen LogP contribution in [0.1, 0.15) is 46.0 Å². The van der Waals surface area contributed by atoms with E-state index < -0.39 is 0 Å². The van der Waals surface area contributed by atoms with Gasteiger partial charge in [0.05, 0.1) is 0 Å². The van der Waals surface area contributed by atoms with Crippen LogP contribution in [0.5, 0.6) is 0 Å². The Bertz CT molecular complexity index is 184. The summed E-state index contributed by atoms with van der Waals surface area (Å²) in [5, 5.41) is 0. The van der Waals surface area contributed by atoms with Gasteiger partial charge in [-0.25, -0.2) is 0 Å². The molecule has 3 nitrogen and oxygen atoms in total. The lowest BCUT2D eigenvalue weighted by Crippen LogP contribution is -2.37. The van der Waals surface area contributed by atoms with Crippen molar-refractivity contribution in [2.75, 3.05) is 45.8 Å². The molecule has 0 aliphatic carbocycles. The first-order valence-electron chi connectivity index (χ1n) is 7.94. The van der Waals surface area contributed by atoms with Crippen LogP contribution in [0.25, 0.3) is 0 Å². The van der Waals surface area contributed by atoms with Crippen LogP contribution < -0.4 is 5.73 Å². The second kappa shape index (κ2) is 9.76. The highest BCUT2D eigenvalue weighted by Crippen LogP contribution is 2.22. The maximum atomic E-state index is 5.60. The molecule has 0 aromatic carbocycles. The molecule has 0 atom stereocenters. The Morgan fingerprint density at radius 2 is 1.78 bits per heavy atom. The van der Waals surface area contributed by atoms with E-state index in [1.165, 1.54) is 64.8 Å². The molecule has 0 bridgehead atoms. The molecular weight excluding hydrogens is 222 g/mol. The number of hydrogen-bond donors (Lipinski definition) is 1. The molecule has 0 saturated carbocycles. The van der Waals surface area contributed by atoms with Gasteiger partial charge in [-0.3, -0.25) is 0 Å². The lowest BCUT2D eigenvalue weighted by Gasteiger charge is -2.31. The van der Waals surface area contributed by atoms with Crippen molar-refractivity contribution in [2.45, 2.75) is 46.0 Å². The van der Waals surface area contributed by atoms with Crippen molar-refractivity contribution in [1.82, 2.24) is 9.80 Å². The third-order valence-corrected chi connectivity index (χ3v) is 4.38. The van der Waals surface area contributed by atoms with Crippen LogP contribution >= 0.6 is 0 Å². The number of unbranched alkanes of at least 4 members (excludes halogenated alkanes) is 1. The van der Waals surface area contributed by atoms with Crippen molar-refractivity contribution in [3.63, 3.8) is 0 Å². The number of piperidine rings is 1. The van der Waals surface area contributed by atoms with E-state index in [2.05, 4.69) is 23.6 Å². The Hall–Kier alpha value is -0.120. The van der Waals surface area contributed by atoms with Crippen LogP contribution in [0.15, 0.2) is 0 Å². The third-order valence-electron chi connectivity index (χ3n) is 4.38. The molecule has 108 valence electrons. The number of hydrogen-bond acceptors (Lipinski definition) is 3. The quantitative estimate of drug-likeness (QED) is 0.641. The van der Waals surface area contributed by atoms with Crippen LogP contribution in [0, 0.1) is 5.92 Å². The third kappa shape index (κ3) is 6.17. The summed E-state index contributed by atoms with van der Waals surface area (Å²) in [6.45, 7) is 12.7. The van der Waals surface area contributed by atoms with E-state index in [0.29, 0.717) is 0 Å². The topological polar surface area (TPSA) is 32.5 Å². The average molecular weight is 255 g/mol. The smallest absolute Gasteiger partial charge is 0.0105 e. The first-order chi connectivity index (χ1) is 8.80. The van der Waals surface area contributed by atoms with Gasteiger partial charge >= 0.3 is 0 Å². The van der Waals surface area contributed by atoms with Gasteiger partial charge in [0.1, 0.15) is 0 Å². The van der Waals surface area contributed by atoms with Crippen LogP contribution in [0.3, 0.4) is 0 Å². The molecule has 0 radical (unpaired) electrons. The summed E-state index contributed by atoms with van der Waals surface area (Å²) < 4.78 is 0. The first-order valence-corrected chi connectivity index (χ1v) is 7.94. The molecular formula is C15H33N3. The molecule has 0 spiro atoms. The second-order valence-corrected chi connectivity index (χ2v) is 5.60. The minimum absolute atomic E-state index is 0.814. The molecule has 0 aromatic heterocycles. The Morgan fingerprint density at radius 3 is 2.33 bits per heavy atom. The van der Waals surface area contributed by atoms with E-state index in [9.17, 15) is 0 Å². The molecule has 1 aliphatic rings. The summed E-state index contributed by atoms with van der Waals surface area (Å²) in [7, 11) is 0. The fraction of sp³-hybridized carbons (Fsp3) is 1.00. The molecule has 0 amide bonds. The van der Waals surface area contributed by atoms with Crippen LogP contribution in [0.2, 0.25) is 0 Å². The van der Waals surface area contributed by atoms with Crippen molar-refractivity contribution in [2.24, 2.45) is 11.7 Å². The van der Waals surface area contributed by atoms with Crippen molar-refractivity contribution >= 4 is 0 Å². The Kier molecular flexibility index (Phi) is 8.64. The normalized spacial score (nSPS) is 18.7. The molecule has 1 heterocycles.